The van der Waals surface area contributed by atoms with E-state index in [2.05, 4.69) is 10.9 Å². The lowest BCUT2D eigenvalue weighted by molar-refractivity contribution is -0.384. The second-order valence-corrected chi connectivity index (χ2v) is 5.72. The number of ether oxygens (including phenoxy) is 1. The largest absolute Gasteiger partial charge is 0.483 e. The number of nitro groups is 1. The number of nitrogens with one attached hydrogen (secondary N) is 2. The van der Waals surface area contributed by atoms with Crippen molar-refractivity contribution in [3.63, 3.8) is 0 Å². The molecule has 0 spiro atoms. The molecule has 0 bridgehead atoms. The monoisotopic (exact) mass is 383 g/mol. The number of nitro benzene ring substituents is 1. The van der Waals surface area contributed by atoms with Crippen LogP contribution in [0.3, 0.4) is 0 Å². The summed E-state index contributed by atoms with van der Waals surface area (Å²) >= 11 is 0. The third-order valence-electron chi connectivity index (χ3n) is 3.55. The zero-order valence-corrected chi connectivity index (χ0v) is 14.4. The van der Waals surface area contributed by atoms with E-state index in [4.69, 9.17) is 4.74 Å². The SMILES string of the molecule is Cc1ccc(OCC(=O)NNc2ccc(C(F)(F)F)cc2[N+](=O)[O-])c(C)c1. The van der Waals surface area contributed by atoms with E-state index in [1.54, 1.807) is 6.07 Å². The first kappa shape index (κ1) is 20.0. The predicted molar refractivity (Wildman–Crippen MR) is 91.3 cm³/mol. The number of anilines is 1. The van der Waals surface area contributed by atoms with Crippen molar-refractivity contribution >= 4 is 17.3 Å². The molecule has 0 radical (unpaired) electrons. The normalized spacial score (nSPS) is 11.0. The molecule has 144 valence electrons. The van der Waals surface area contributed by atoms with Crippen LogP contribution in [-0.4, -0.2) is 17.4 Å². The van der Waals surface area contributed by atoms with Gasteiger partial charge in [-0.3, -0.25) is 25.8 Å². The van der Waals surface area contributed by atoms with Crippen LogP contribution in [0, 0.1) is 24.0 Å². The van der Waals surface area contributed by atoms with Crippen molar-refractivity contribution in [3.05, 3.63) is 63.2 Å². The maximum Gasteiger partial charge on any atom is 0.416 e. The summed E-state index contributed by atoms with van der Waals surface area (Å²) in [6.45, 7) is 3.33. The van der Waals surface area contributed by atoms with Crippen molar-refractivity contribution in [2.45, 2.75) is 20.0 Å². The Morgan fingerprint density at radius 2 is 1.89 bits per heavy atom. The van der Waals surface area contributed by atoms with Gasteiger partial charge in [0, 0.05) is 6.07 Å². The highest BCUT2D eigenvalue weighted by Crippen LogP contribution is 2.34. The fraction of sp³-hybridized carbons (Fsp3) is 0.235. The number of rotatable bonds is 6. The van der Waals surface area contributed by atoms with Crippen molar-refractivity contribution < 1.29 is 27.6 Å². The smallest absolute Gasteiger partial charge is 0.416 e. The number of nitrogens with zero attached hydrogens (tertiary/aromatic N) is 1. The summed E-state index contributed by atoms with van der Waals surface area (Å²) in [5.74, 6) is -0.166. The van der Waals surface area contributed by atoms with Gasteiger partial charge in [-0.05, 0) is 37.6 Å². The molecular formula is C17H16F3N3O4. The minimum absolute atomic E-state index is 0.284. The number of aryl methyl sites for hydroxylation is 2. The molecule has 0 heterocycles. The minimum atomic E-state index is -4.72. The van der Waals surface area contributed by atoms with Gasteiger partial charge in [0.15, 0.2) is 6.61 Å². The summed E-state index contributed by atoms with van der Waals surface area (Å²) in [4.78, 5) is 21.8. The summed E-state index contributed by atoms with van der Waals surface area (Å²) in [6, 6.07) is 7.31. The van der Waals surface area contributed by atoms with Crippen LogP contribution in [0.25, 0.3) is 0 Å². The van der Waals surface area contributed by atoms with Crippen molar-refractivity contribution in [1.29, 1.82) is 0 Å². The van der Waals surface area contributed by atoms with Gasteiger partial charge in [-0.25, -0.2) is 0 Å². The van der Waals surface area contributed by atoms with E-state index in [1.807, 2.05) is 26.0 Å². The topological polar surface area (TPSA) is 93.5 Å². The van der Waals surface area contributed by atoms with Gasteiger partial charge in [0.1, 0.15) is 11.4 Å². The summed E-state index contributed by atoms with van der Waals surface area (Å²) in [6.07, 6.45) is -4.72. The van der Waals surface area contributed by atoms with Crippen LogP contribution in [0.1, 0.15) is 16.7 Å². The maximum atomic E-state index is 12.7. The summed E-state index contributed by atoms with van der Waals surface area (Å²) in [5.41, 5.74) is 3.99. The molecule has 0 aliphatic heterocycles. The van der Waals surface area contributed by atoms with Crippen LogP contribution in [0.15, 0.2) is 36.4 Å². The molecule has 0 saturated heterocycles. The van der Waals surface area contributed by atoms with Gasteiger partial charge in [0.25, 0.3) is 11.6 Å². The van der Waals surface area contributed by atoms with E-state index in [0.717, 1.165) is 17.2 Å². The van der Waals surface area contributed by atoms with Gasteiger partial charge < -0.3 is 4.74 Å². The van der Waals surface area contributed by atoms with E-state index in [-0.39, 0.29) is 12.3 Å². The number of halogens is 3. The van der Waals surface area contributed by atoms with Crippen LogP contribution in [0.5, 0.6) is 5.75 Å². The number of carbonyl (C=O) groups excluding carboxylic acids is 1. The zero-order valence-electron chi connectivity index (χ0n) is 14.4. The predicted octanol–water partition coefficient (Wildman–Crippen LogP) is 3.75. The van der Waals surface area contributed by atoms with Gasteiger partial charge in [-0.15, -0.1) is 0 Å². The van der Waals surface area contributed by atoms with E-state index < -0.39 is 28.3 Å². The Kier molecular flexibility index (Phi) is 5.88. The lowest BCUT2D eigenvalue weighted by Gasteiger charge is -2.12. The van der Waals surface area contributed by atoms with Gasteiger partial charge in [-0.1, -0.05) is 17.7 Å². The summed E-state index contributed by atoms with van der Waals surface area (Å²) in [5, 5.41) is 11.0. The lowest BCUT2D eigenvalue weighted by Crippen LogP contribution is -2.34. The standard InChI is InChI=1S/C17H16F3N3O4/c1-10-3-6-15(11(2)7-10)27-9-16(24)22-21-13-5-4-12(17(18,19)20)8-14(13)23(25)26/h3-8,21H,9H2,1-2H3,(H,22,24). The number of amides is 1. The Morgan fingerprint density at radius 1 is 1.19 bits per heavy atom. The highest BCUT2D eigenvalue weighted by Gasteiger charge is 2.33. The van der Waals surface area contributed by atoms with E-state index >= 15 is 0 Å². The number of alkyl halides is 3. The first-order valence-corrected chi connectivity index (χ1v) is 7.68. The highest BCUT2D eigenvalue weighted by atomic mass is 19.4. The van der Waals surface area contributed by atoms with Crippen molar-refractivity contribution in [2.24, 2.45) is 0 Å². The molecule has 1 amide bonds. The molecule has 0 aromatic heterocycles. The number of hydrogen-bond donors (Lipinski definition) is 2. The Hall–Kier alpha value is -3.30. The van der Waals surface area contributed by atoms with E-state index in [0.29, 0.717) is 17.9 Å². The van der Waals surface area contributed by atoms with Crippen molar-refractivity contribution in [1.82, 2.24) is 5.43 Å². The van der Waals surface area contributed by atoms with Crippen molar-refractivity contribution in [2.75, 3.05) is 12.0 Å². The molecule has 2 aromatic carbocycles. The summed E-state index contributed by atoms with van der Waals surface area (Å²) in [7, 11) is 0. The second-order valence-electron chi connectivity index (χ2n) is 5.72. The number of hydrogen-bond acceptors (Lipinski definition) is 5. The minimum Gasteiger partial charge on any atom is -0.483 e. The molecule has 0 atom stereocenters. The van der Waals surface area contributed by atoms with E-state index in [9.17, 15) is 28.1 Å². The fourth-order valence-corrected chi connectivity index (χ4v) is 2.24. The number of hydrazine groups is 1. The zero-order chi connectivity index (χ0) is 20.2. The molecule has 2 rings (SSSR count). The van der Waals surface area contributed by atoms with Gasteiger partial charge in [0.05, 0.1) is 10.5 Å². The Balaban J connectivity index is 2.01. The average molecular weight is 383 g/mol. The molecule has 0 saturated carbocycles. The molecule has 0 aliphatic carbocycles. The van der Waals surface area contributed by atoms with Crippen LogP contribution < -0.4 is 15.6 Å². The van der Waals surface area contributed by atoms with Gasteiger partial charge in [-0.2, -0.15) is 13.2 Å². The molecular weight excluding hydrogens is 367 g/mol. The lowest BCUT2D eigenvalue weighted by atomic mass is 10.1. The van der Waals surface area contributed by atoms with Crippen LogP contribution >= 0.6 is 0 Å². The summed E-state index contributed by atoms with van der Waals surface area (Å²) < 4.78 is 43.3. The second kappa shape index (κ2) is 7.94. The Labute approximate surface area is 152 Å². The Bertz CT molecular complexity index is 869. The maximum absolute atomic E-state index is 12.7. The molecule has 27 heavy (non-hydrogen) atoms. The van der Waals surface area contributed by atoms with Crippen molar-refractivity contribution in [3.8, 4) is 5.75 Å². The Morgan fingerprint density at radius 3 is 2.48 bits per heavy atom. The molecule has 2 aromatic rings. The highest BCUT2D eigenvalue weighted by molar-refractivity contribution is 5.79. The van der Waals surface area contributed by atoms with E-state index in [1.165, 1.54) is 0 Å². The number of benzene rings is 2. The van der Waals surface area contributed by atoms with Crippen LogP contribution in [0.2, 0.25) is 0 Å². The van der Waals surface area contributed by atoms with Gasteiger partial charge in [0.2, 0.25) is 0 Å². The third kappa shape index (κ3) is 5.33. The molecule has 7 nitrogen and oxygen atoms in total. The third-order valence-corrected chi connectivity index (χ3v) is 3.55. The molecule has 10 heteroatoms. The molecule has 2 N–H and O–H groups in total. The average Bonchev–Trinajstić information content (AvgIpc) is 2.58. The molecule has 0 unspecified atom stereocenters. The quantitative estimate of drug-likeness (QED) is 0.585. The van der Waals surface area contributed by atoms with Crippen LogP contribution in [-0.2, 0) is 11.0 Å². The number of carbonyl (C=O) groups is 1. The fourth-order valence-electron chi connectivity index (χ4n) is 2.24. The molecule has 0 aliphatic rings. The first-order valence-electron chi connectivity index (χ1n) is 7.68. The first-order chi connectivity index (χ1) is 12.6. The molecule has 0 fully saturated rings. The van der Waals surface area contributed by atoms with Gasteiger partial charge >= 0.3 is 6.18 Å². The van der Waals surface area contributed by atoms with Crippen LogP contribution in [0.4, 0.5) is 24.5 Å².